The molecule has 0 saturated heterocycles. The lowest BCUT2D eigenvalue weighted by Gasteiger charge is -1.98. The van der Waals surface area contributed by atoms with Crippen molar-refractivity contribution in [3.05, 3.63) is 45.9 Å². The zero-order chi connectivity index (χ0) is 10.8. The largest absolute Gasteiger partial charge is 0.348 e. The first-order valence-corrected chi connectivity index (χ1v) is 5.25. The summed E-state index contributed by atoms with van der Waals surface area (Å²) in [6, 6.07) is 6.93. The van der Waals surface area contributed by atoms with Crippen LogP contribution in [0.1, 0.15) is 25.0 Å². The van der Waals surface area contributed by atoms with Gasteiger partial charge in [0.2, 0.25) is 5.78 Å². The third-order valence-electron chi connectivity index (χ3n) is 2.14. The van der Waals surface area contributed by atoms with Crippen molar-refractivity contribution in [2.24, 2.45) is 7.05 Å². The molecule has 4 heteroatoms. The van der Waals surface area contributed by atoms with Gasteiger partial charge in [-0.2, -0.15) is 0 Å². The van der Waals surface area contributed by atoms with Crippen LogP contribution in [-0.4, -0.2) is 16.6 Å². The average molecular weight is 219 g/mol. The van der Waals surface area contributed by atoms with Crippen LogP contribution in [0, 0.1) is 0 Å². The van der Waals surface area contributed by atoms with Gasteiger partial charge < -0.3 is 4.57 Å². The van der Waals surface area contributed by atoms with Crippen molar-refractivity contribution in [2.45, 2.75) is 0 Å². The van der Waals surface area contributed by atoms with E-state index in [1.54, 1.807) is 22.8 Å². The van der Waals surface area contributed by atoms with Crippen molar-refractivity contribution in [1.82, 2.24) is 4.57 Å². The van der Waals surface area contributed by atoms with Crippen molar-refractivity contribution in [1.29, 1.82) is 0 Å². The molecule has 0 spiro atoms. The van der Waals surface area contributed by atoms with Crippen LogP contribution in [0.3, 0.4) is 0 Å². The third kappa shape index (κ3) is 1.76. The number of nitrogens with zero attached hydrogens (tertiary/aromatic N) is 1. The van der Waals surface area contributed by atoms with Gasteiger partial charge in [-0.25, -0.2) is 0 Å². The molecule has 0 aliphatic rings. The predicted molar refractivity (Wildman–Crippen MR) is 58.6 cm³/mol. The van der Waals surface area contributed by atoms with Gasteiger partial charge in [0.1, 0.15) is 0 Å². The monoisotopic (exact) mass is 219 g/mol. The number of aryl methyl sites for hydroxylation is 1. The molecule has 2 aromatic rings. The van der Waals surface area contributed by atoms with E-state index in [1.807, 2.05) is 19.3 Å². The molecule has 0 N–H and O–H groups in total. The van der Waals surface area contributed by atoms with Gasteiger partial charge in [0.25, 0.3) is 0 Å². The molecule has 0 atom stereocenters. The molecule has 2 aromatic heterocycles. The summed E-state index contributed by atoms with van der Waals surface area (Å²) < 4.78 is 1.77. The van der Waals surface area contributed by atoms with Crippen LogP contribution in [-0.2, 0) is 7.05 Å². The van der Waals surface area contributed by atoms with Gasteiger partial charge in [0.15, 0.2) is 6.29 Å². The number of ketones is 1. The standard InChI is InChI=1S/C11H9NO2S/c1-12-6-2-3-9(12)11(14)10-5-4-8(7-13)15-10/h2-7H,1H3. The number of carbonyl (C=O) groups is 2. The zero-order valence-corrected chi connectivity index (χ0v) is 8.95. The summed E-state index contributed by atoms with van der Waals surface area (Å²) >= 11 is 1.22. The van der Waals surface area contributed by atoms with E-state index in [-0.39, 0.29) is 5.78 Å². The number of carbonyl (C=O) groups excluding carboxylic acids is 2. The molecule has 0 unspecified atom stereocenters. The Balaban J connectivity index is 2.36. The van der Waals surface area contributed by atoms with Gasteiger partial charge in [-0.3, -0.25) is 9.59 Å². The average Bonchev–Trinajstić information content (AvgIpc) is 2.84. The van der Waals surface area contributed by atoms with E-state index in [9.17, 15) is 9.59 Å². The van der Waals surface area contributed by atoms with Crippen molar-refractivity contribution >= 4 is 23.4 Å². The molecule has 0 saturated carbocycles. The second-order valence-electron chi connectivity index (χ2n) is 3.15. The highest BCUT2D eigenvalue weighted by atomic mass is 32.1. The second kappa shape index (κ2) is 3.82. The summed E-state index contributed by atoms with van der Waals surface area (Å²) in [5.41, 5.74) is 0.634. The molecule has 0 aromatic carbocycles. The maximum absolute atomic E-state index is 11.9. The van der Waals surface area contributed by atoms with E-state index in [1.165, 1.54) is 11.3 Å². The molecule has 15 heavy (non-hydrogen) atoms. The molecular weight excluding hydrogens is 210 g/mol. The minimum atomic E-state index is -0.0411. The summed E-state index contributed by atoms with van der Waals surface area (Å²) in [6.45, 7) is 0. The summed E-state index contributed by atoms with van der Waals surface area (Å²) in [7, 11) is 1.82. The van der Waals surface area contributed by atoms with Gasteiger partial charge in [0, 0.05) is 13.2 Å². The Morgan fingerprint density at radius 1 is 1.40 bits per heavy atom. The van der Waals surface area contributed by atoms with Gasteiger partial charge >= 0.3 is 0 Å². The summed E-state index contributed by atoms with van der Waals surface area (Å²) in [5, 5.41) is 0. The summed E-state index contributed by atoms with van der Waals surface area (Å²) in [5.74, 6) is -0.0411. The maximum atomic E-state index is 11.9. The van der Waals surface area contributed by atoms with Gasteiger partial charge in [-0.1, -0.05) is 0 Å². The molecule has 76 valence electrons. The molecule has 0 aliphatic heterocycles. The van der Waals surface area contributed by atoms with E-state index in [4.69, 9.17) is 0 Å². The van der Waals surface area contributed by atoms with Crippen molar-refractivity contribution < 1.29 is 9.59 Å². The number of rotatable bonds is 3. The summed E-state index contributed by atoms with van der Waals surface area (Å²) in [4.78, 5) is 23.6. The first kappa shape index (κ1) is 9.86. The van der Waals surface area contributed by atoms with Crippen LogP contribution in [0.5, 0.6) is 0 Å². The highest BCUT2D eigenvalue weighted by Gasteiger charge is 2.13. The van der Waals surface area contributed by atoms with Crippen LogP contribution in [0.4, 0.5) is 0 Å². The Kier molecular flexibility index (Phi) is 2.51. The third-order valence-corrected chi connectivity index (χ3v) is 3.15. The molecule has 0 aliphatic carbocycles. The SMILES string of the molecule is Cn1cccc1C(=O)c1ccc(C=O)s1. The molecule has 0 amide bonds. The molecule has 0 fully saturated rings. The minimum Gasteiger partial charge on any atom is -0.348 e. The van der Waals surface area contributed by atoms with Crippen molar-refractivity contribution in [2.75, 3.05) is 0 Å². The van der Waals surface area contributed by atoms with E-state index < -0.39 is 0 Å². The van der Waals surface area contributed by atoms with E-state index >= 15 is 0 Å². The maximum Gasteiger partial charge on any atom is 0.219 e. The van der Waals surface area contributed by atoms with Crippen LogP contribution >= 0.6 is 11.3 Å². The minimum absolute atomic E-state index is 0.0411. The molecule has 0 radical (unpaired) electrons. The number of hydrogen-bond acceptors (Lipinski definition) is 3. The van der Waals surface area contributed by atoms with Crippen LogP contribution < -0.4 is 0 Å². The Bertz CT molecular complexity index is 510. The molecular formula is C11H9NO2S. The van der Waals surface area contributed by atoms with Gasteiger partial charge in [0.05, 0.1) is 15.4 Å². The molecule has 3 nitrogen and oxygen atoms in total. The predicted octanol–water partition coefficient (Wildman–Crippen LogP) is 2.13. The first-order chi connectivity index (χ1) is 7.22. The quantitative estimate of drug-likeness (QED) is 0.586. The number of aldehydes is 1. The fraction of sp³-hybridized carbons (Fsp3) is 0.0909. The molecule has 0 bridgehead atoms. The van der Waals surface area contributed by atoms with Crippen LogP contribution in [0.15, 0.2) is 30.5 Å². The number of thiophene rings is 1. The highest BCUT2D eigenvalue weighted by molar-refractivity contribution is 7.15. The van der Waals surface area contributed by atoms with E-state index in [0.29, 0.717) is 15.4 Å². The smallest absolute Gasteiger partial charge is 0.219 e. The Morgan fingerprint density at radius 2 is 2.20 bits per heavy atom. The normalized spacial score (nSPS) is 10.2. The van der Waals surface area contributed by atoms with Gasteiger partial charge in [-0.15, -0.1) is 11.3 Å². The van der Waals surface area contributed by atoms with Crippen molar-refractivity contribution in [3.63, 3.8) is 0 Å². The zero-order valence-electron chi connectivity index (χ0n) is 8.14. The van der Waals surface area contributed by atoms with Crippen LogP contribution in [0.25, 0.3) is 0 Å². The summed E-state index contributed by atoms with van der Waals surface area (Å²) in [6.07, 6.45) is 2.58. The lowest BCUT2D eigenvalue weighted by molar-refractivity contribution is 0.103. The second-order valence-corrected chi connectivity index (χ2v) is 4.27. The molecule has 2 heterocycles. The first-order valence-electron chi connectivity index (χ1n) is 4.43. The molecule has 2 rings (SSSR count). The topological polar surface area (TPSA) is 39.1 Å². The van der Waals surface area contributed by atoms with Gasteiger partial charge in [-0.05, 0) is 24.3 Å². The lowest BCUT2D eigenvalue weighted by atomic mass is 10.2. The fourth-order valence-electron chi connectivity index (χ4n) is 1.36. The fourth-order valence-corrected chi connectivity index (χ4v) is 2.13. The number of aromatic nitrogens is 1. The Morgan fingerprint density at radius 3 is 2.73 bits per heavy atom. The van der Waals surface area contributed by atoms with E-state index in [0.717, 1.165) is 6.29 Å². The highest BCUT2D eigenvalue weighted by Crippen LogP contribution is 2.18. The lowest BCUT2D eigenvalue weighted by Crippen LogP contribution is -2.04. The van der Waals surface area contributed by atoms with E-state index in [2.05, 4.69) is 0 Å². The van der Waals surface area contributed by atoms with Crippen molar-refractivity contribution in [3.8, 4) is 0 Å². The number of hydrogen-bond donors (Lipinski definition) is 0. The Hall–Kier alpha value is -1.68. The Labute approximate surface area is 91.0 Å². The van der Waals surface area contributed by atoms with Crippen LogP contribution in [0.2, 0.25) is 0 Å².